The topological polar surface area (TPSA) is 237 Å². The van der Waals surface area contributed by atoms with Crippen LogP contribution in [0.1, 0.15) is 387 Å². The number of esters is 4. The van der Waals surface area contributed by atoms with Crippen LogP contribution in [0.5, 0.6) is 0 Å². The second-order valence-electron chi connectivity index (χ2n) is 27.0. The van der Waals surface area contributed by atoms with E-state index in [2.05, 4.69) is 52.0 Å². The number of hydrogen-bond acceptors (Lipinski definition) is 15. The van der Waals surface area contributed by atoms with Gasteiger partial charge in [-0.25, -0.2) is 9.13 Å². The van der Waals surface area contributed by atoms with Crippen molar-refractivity contribution in [2.75, 3.05) is 39.6 Å². The number of hydrogen-bond donors (Lipinski definition) is 3. The molecule has 566 valence electrons. The zero-order valence-electron chi connectivity index (χ0n) is 61.8. The van der Waals surface area contributed by atoms with Gasteiger partial charge in [-0.15, -0.1) is 0 Å². The summed E-state index contributed by atoms with van der Waals surface area (Å²) in [5.74, 6) is -2.13. The molecule has 3 N–H and O–H groups in total. The average Bonchev–Trinajstić information content (AvgIpc) is 1.36. The number of aliphatic hydroxyl groups excluding tert-OH is 1. The normalized spacial score (nSPS) is 14.0. The molecule has 5 atom stereocenters. The minimum atomic E-state index is -4.96. The van der Waals surface area contributed by atoms with Crippen LogP contribution in [0.25, 0.3) is 0 Å². The first-order chi connectivity index (χ1) is 46.7. The predicted molar refractivity (Wildman–Crippen MR) is 391 cm³/mol. The maximum absolute atomic E-state index is 13.1. The van der Waals surface area contributed by atoms with Crippen LogP contribution >= 0.6 is 15.6 Å². The highest BCUT2D eigenvalue weighted by Crippen LogP contribution is 2.45. The number of ether oxygens (including phenoxy) is 4. The Hall–Kier alpha value is -2.46. The molecule has 0 saturated carbocycles. The van der Waals surface area contributed by atoms with E-state index in [0.29, 0.717) is 25.7 Å². The van der Waals surface area contributed by atoms with Crippen molar-refractivity contribution in [3.8, 4) is 0 Å². The SMILES string of the molecule is CCCCCC/C=C\CCCCCCCCCC(=O)OC[C@H](COP(=O)(O)OC[C@@H](O)COP(=O)(O)OC[C@@H](COC(=O)CCCCCCCCCCCCCCC)OC(=O)CCCCCCCCCCCCCCC)OC(=O)CCCCCCCCC/C=C\CCCCCC. The van der Waals surface area contributed by atoms with Crippen LogP contribution in [0, 0.1) is 0 Å². The van der Waals surface area contributed by atoms with Crippen molar-refractivity contribution in [2.45, 2.75) is 406 Å². The zero-order valence-corrected chi connectivity index (χ0v) is 63.6. The largest absolute Gasteiger partial charge is 0.472 e. The van der Waals surface area contributed by atoms with E-state index < -0.39 is 97.5 Å². The summed E-state index contributed by atoms with van der Waals surface area (Å²) in [5.41, 5.74) is 0. The Kier molecular flexibility index (Phi) is 69.1. The first-order valence-corrected chi connectivity index (χ1v) is 42.6. The highest BCUT2D eigenvalue weighted by atomic mass is 31.2. The molecule has 19 heteroatoms. The molecular formula is C77H146O17P2. The van der Waals surface area contributed by atoms with E-state index in [4.69, 9.17) is 37.0 Å². The van der Waals surface area contributed by atoms with Gasteiger partial charge in [0.15, 0.2) is 12.2 Å². The van der Waals surface area contributed by atoms with Gasteiger partial charge in [0.05, 0.1) is 26.4 Å². The lowest BCUT2D eigenvalue weighted by Gasteiger charge is -2.21. The third-order valence-electron chi connectivity index (χ3n) is 17.4. The molecule has 0 amide bonds. The third-order valence-corrected chi connectivity index (χ3v) is 19.3. The highest BCUT2D eigenvalue weighted by molar-refractivity contribution is 7.47. The number of aliphatic hydroxyl groups is 1. The van der Waals surface area contributed by atoms with Gasteiger partial charge >= 0.3 is 39.5 Å². The first-order valence-electron chi connectivity index (χ1n) is 39.6. The molecule has 0 aromatic carbocycles. The smallest absolute Gasteiger partial charge is 0.462 e. The molecule has 0 fully saturated rings. The molecule has 0 spiro atoms. The molecule has 0 aliphatic carbocycles. The van der Waals surface area contributed by atoms with Crippen molar-refractivity contribution >= 4 is 39.5 Å². The Bertz CT molecular complexity index is 1920. The maximum atomic E-state index is 13.1. The van der Waals surface area contributed by atoms with E-state index in [1.54, 1.807) is 0 Å². The molecule has 0 saturated heterocycles. The van der Waals surface area contributed by atoms with Crippen LogP contribution in [0.4, 0.5) is 0 Å². The van der Waals surface area contributed by atoms with Crippen LogP contribution in [0.15, 0.2) is 24.3 Å². The number of allylic oxidation sites excluding steroid dienone is 4. The molecule has 17 nitrogen and oxygen atoms in total. The second-order valence-corrected chi connectivity index (χ2v) is 29.9. The zero-order chi connectivity index (χ0) is 70.4. The molecule has 0 aromatic rings. The van der Waals surface area contributed by atoms with Gasteiger partial charge in [-0.1, -0.05) is 309 Å². The summed E-state index contributed by atoms with van der Waals surface area (Å²) < 4.78 is 68.6. The van der Waals surface area contributed by atoms with Crippen molar-refractivity contribution in [2.24, 2.45) is 0 Å². The monoisotopic (exact) mass is 1410 g/mol. The van der Waals surface area contributed by atoms with Gasteiger partial charge in [-0.05, 0) is 77.0 Å². The van der Waals surface area contributed by atoms with Gasteiger partial charge in [-0.3, -0.25) is 37.3 Å². The van der Waals surface area contributed by atoms with E-state index in [1.807, 2.05) is 0 Å². The van der Waals surface area contributed by atoms with E-state index in [0.717, 1.165) is 135 Å². The number of carbonyl (C=O) groups is 4. The van der Waals surface area contributed by atoms with Crippen LogP contribution in [0.2, 0.25) is 0 Å². The van der Waals surface area contributed by atoms with Gasteiger partial charge in [-0.2, -0.15) is 0 Å². The molecule has 0 radical (unpaired) electrons. The summed E-state index contributed by atoms with van der Waals surface area (Å²) in [5, 5.41) is 10.6. The fraction of sp³-hybridized carbons (Fsp3) is 0.896. The molecule has 0 aliphatic rings. The lowest BCUT2D eigenvalue weighted by atomic mass is 10.0. The van der Waals surface area contributed by atoms with Crippen LogP contribution in [0.3, 0.4) is 0 Å². The van der Waals surface area contributed by atoms with Gasteiger partial charge in [0, 0.05) is 25.7 Å². The lowest BCUT2D eigenvalue weighted by Crippen LogP contribution is -2.30. The molecule has 0 aromatic heterocycles. The van der Waals surface area contributed by atoms with Crippen LogP contribution in [-0.4, -0.2) is 96.7 Å². The number of rotatable bonds is 76. The van der Waals surface area contributed by atoms with Crippen molar-refractivity contribution in [3.63, 3.8) is 0 Å². The Labute approximate surface area is 586 Å². The van der Waals surface area contributed by atoms with Crippen molar-refractivity contribution in [3.05, 3.63) is 24.3 Å². The fourth-order valence-electron chi connectivity index (χ4n) is 11.3. The predicted octanol–water partition coefficient (Wildman–Crippen LogP) is 22.6. The van der Waals surface area contributed by atoms with Crippen molar-refractivity contribution < 1.29 is 80.2 Å². The number of carbonyl (C=O) groups excluding carboxylic acids is 4. The highest BCUT2D eigenvalue weighted by Gasteiger charge is 2.30. The third kappa shape index (κ3) is 70.0. The molecule has 0 heterocycles. The van der Waals surface area contributed by atoms with E-state index in [1.165, 1.54) is 173 Å². The summed E-state index contributed by atoms with van der Waals surface area (Å²) in [6.07, 6.45) is 64.3. The molecule has 96 heavy (non-hydrogen) atoms. The average molecular weight is 1410 g/mol. The summed E-state index contributed by atoms with van der Waals surface area (Å²) in [4.78, 5) is 72.9. The Balaban J connectivity index is 5.29. The lowest BCUT2D eigenvalue weighted by molar-refractivity contribution is -0.161. The number of phosphoric acid groups is 2. The molecule has 2 unspecified atom stereocenters. The Morgan fingerprint density at radius 1 is 0.281 bits per heavy atom. The molecular weight excluding hydrogens is 1260 g/mol. The fourth-order valence-corrected chi connectivity index (χ4v) is 12.9. The van der Waals surface area contributed by atoms with E-state index in [-0.39, 0.29) is 25.7 Å². The molecule has 0 rings (SSSR count). The number of unbranched alkanes of at least 4 members (excludes halogenated alkanes) is 46. The van der Waals surface area contributed by atoms with Crippen molar-refractivity contribution in [1.29, 1.82) is 0 Å². The van der Waals surface area contributed by atoms with Crippen LogP contribution < -0.4 is 0 Å². The van der Waals surface area contributed by atoms with Gasteiger partial charge in [0.1, 0.15) is 19.3 Å². The van der Waals surface area contributed by atoms with Gasteiger partial charge < -0.3 is 33.8 Å². The first kappa shape index (κ1) is 93.5. The summed E-state index contributed by atoms with van der Waals surface area (Å²) >= 11 is 0. The standard InChI is InChI=1S/C77H146O17P2/c1-5-9-13-17-21-25-29-33-35-39-42-46-50-54-58-62-75(80)88-68-73(94-77(82)64-60-56-52-48-44-40-36-34-30-26-22-18-14-10-6-2)70-92-96(85,86)90-66-71(78)65-89-95(83,84)91-69-72(93-76(81)63-59-55-51-47-43-38-32-28-24-20-16-12-8-4)67-87-74(79)61-57-53-49-45-41-37-31-27-23-19-15-11-7-3/h25-26,29-30,71-73,78H,5-24,27-28,31-70H2,1-4H3,(H,83,84)(H,85,86)/b29-25-,30-26-/t71-,72+,73+/m0/s1. The van der Waals surface area contributed by atoms with Crippen molar-refractivity contribution in [1.82, 2.24) is 0 Å². The Morgan fingerprint density at radius 3 is 0.729 bits per heavy atom. The Morgan fingerprint density at radius 2 is 0.479 bits per heavy atom. The minimum Gasteiger partial charge on any atom is -0.462 e. The molecule has 0 aliphatic heterocycles. The number of phosphoric ester groups is 2. The maximum Gasteiger partial charge on any atom is 0.472 e. The molecule has 0 bridgehead atoms. The summed E-state index contributed by atoms with van der Waals surface area (Å²) in [7, 11) is -9.92. The van der Waals surface area contributed by atoms with Gasteiger partial charge in [0.25, 0.3) is 0 Å². The van der Waals surface area contributed by atoms with Gasteiger partial charge in [0.2, 0.25) is 0 Å². The second kappa shape index (κ2) is 71.0. The van der Waals surface area contributed by atoms with E-state index in [9.17, 15) is 43.2 Å². The van der Waals surface area contributed by atoms with Crippen LogP contribution in [-0.2, 0) is 65.4 Å². The summed E-state index contributed by atoms with van der Waals surface area (Å²) in [6.45, 7) is 4.94. The van der Waals surface area contributed by atoms with E-state index >= 15 is 0 Å². The minimum absolute atomic E-state index is 0.0968. The quantitative estimate of drug-likeness (QED) is 0.0169. The summed E-state index contributed by atoms with van der Waals surface area (Å²) in [6, 6.07) is 0.